The van der Waals surface area contributed by atoms with Crippen molar-refractivity contribution >= 4 is 15.8 Å². The molecule has 0 unspecified atom stereocenters. The topological polar surface area (TPSA) is 36.9 Å². The van der Waals surface area contributed by atoms with Crippen molar-refractivity contribution < 1.29 is 18.9 Å². The third-order valence-electron chi connectivity index (χ3n) is 5.45. The lowest BCUT2D eigenvalue weighted by Crippen LogP contribution is -2.14. The van der Waals surface area contributed by atoms with E-state index in [4.69, 9.17) is 18.9 Å². The Morgan fingerprint density at radius 1 is 0.438 bits per heavy atom. The normalized spacial score (nSPS) is 23.1. The first-order valence-corrected chi connectivity index (χ1v) is 15.5. The van der Waals surface area contributed by atoms with Crippen molar-refractivity contribution in [3.05, 3.63) is 71.8 Å². The van der Waals surface area contributed by atoms with Gasteiger partial charge in [-0.15, -0.1) is 0 Å². The molecule has 1 heterocycles. The van der Waals surface area contributed by atoms with Gasteiger partial charge in [0.15, 0.2) is 0 Å². The van der Waals surface area contributed by atoms with Gasteiger partial charge < -0.3 is 18.9 Å². The molecule has 0 spiro atoms. The molecular formula is C26H38O4P2. The van der Waals surface area contributed by atoms with E-state index in [-0.39, 0.29) is 15.8 Å². The molecule has 0 N–H and O–H groups in total. The van der Waals surface area contributed by atoms with Crippen LogP contribution in [0.1, 0.15) is 11.1 Å². The number of benzene rings is 2. The third kappa shape index (κ3) is 11.3. The Labute approximate surface area is 196 Å². The lowest BCUT2D eigenvalue weighted by molar-refractivity contribution is 0.0571. The Morgan fingerprint density at radius 3 is 1.06 bits per heavy atom. The molecule has 176 valence electrons. The molecule has 3 rings (SSSR count). The predicted octanol–water partition coefficient (Wildman–Crippen LogP) is 5.43. The van der Waals surface area contributed by atoms with Crippen LogP contribution in [-0.4, -0.2) is 77.5 Å². The van der Waals surface area contributed by atoms with Crippen molar-refractivity contribution in [2.45, 2.75) is 12.3 Å². The van der Waals surface area contributed by atoms with Crippen molar-refractivity contribution in [3.63, 3.8) is 0 Å². The minimum absolute atomic E-state index is 0.137. The Bertz CT molecular complexity index is 620. The van der Waals surface area contributed by atoms with E-state index in [2.05, 4.69) is 60.7 Å². The summed E-state index contributed by atoms with van der Waals surface area (Å²) in [5.74, 6) is 0. The van der Waals surface area contributed by atoms with E-state index in [9.17, 15) is 0 Å². The van der Waals surface area contributed by atoms with E-state index in [1.807, 2.05) is 0 Å². The minimum Gasteiger partial charge on any atom is -0.379 e. The molecule has 1 saturated heterocycles. The van der Waals surface area contributed by atoms with E-state index in [1.165, 1.54) is 11.1 Å². The molecule has 1 fully saturated rings. The Morgan fingerprint density at radius 2 is 0.750 bits per heavy atom. The summed E-state index contributed by atoms with van der Waals surface area (Å²) in [6.45, 7) is 5.99. The van der Waals surface area contributed by atoms with Crippen molar-refractivity contribution in [1.29, 1.82) is 0 Å². The number of ether oxygens (including phenoxy) is 4. The maximum atomic E-state index is 5.91. The quantitative estimate of drug-likeness (QED) is 0.552. The average molecular weight is 477 g/mol. The molecule has 0 amide bonds. The van der Waals surface area contributed by atoms with E-state index >= 15 is 0 Å². The van der Waals surface area contributed by atoms with Crippen LogP contribution in [0.4, 0.5) is 0 Å². The summed E-state index contributed by atoms with van der Waals surface area (Å²) in [4.78, 5) is 0. The highest BCUT2D eigenvalue weighted by atomic mass is 31.1. The maximum absolute atomic E-state index is 5.91. The fourth-order valence-corrected chi connectivity index (χ4v) is 7.72. The van der Waals surface area contributed by atoms with Gasteiger partial charge in [-0.1, -0.05) is 76.5 Å². The number of hydrogen-bond acceptors (Lipinski definition) is 4. The molecule has 4 nitrogen and oxygen atoms in total. The molecule has 6 heteroatoms. The second-order valence-electron chi connectivity index (χ2n) is 7.97. The highest BCUT2D eigenvalue weighted by Gasteiger charge is 2.11. The first kappa shape index (κ1) is 25.8. The van der Waals surface area contributed by atoms with Crippen molar-refractivity contribution in [3.8, 4) is 0 Å². The molecule has 0 aliphatic carbocycles. The molecule has 0 atom stereocenters. The largest absolute Gasteiger partial charge is 0.379 e. The van der Waals surface area contributed by atoms with Gasteiger partial charge in [0.1, 0.15) is 0 Å². The van der Waals surface area contributed by atoms with Crippen LogP contribution in [-0.2, 0) is 31.3 Å². The molecule has 1 aliphatic heterocycles. The van der Waals surface area contributed by atoms with Gasteiger partial charge in [-0.05, 0) is 48.1 Å². The molecule has 1 aliphatic rings. The van der Waals surface area contributed by atoms with Gasteiger partial charge in [0.05, 0.1) is 52.9 Å². The van der Waals surface area contributed by atoms with Crippen LogP contribution >= 0.6 is 15.8 Å². The van der Waals surface area contributed by atoms with Crippen LogP contribution in [0.5, 0.6) is 0 Å². The Hall–Kier alpha value is -0.860. The van der Waals surface area contributed by atoms with Crippen LogP contribution < -0.4 is 0 Å². The summed E-state index contributed by atoms with van der Waals surface area (Å²) in [7, 11) is -0.275. The van der Waals surface area contributed by atoms with Gasteiger partial charge in [-0.3, -0.25) is 0 Å². The van der Waals surface area contributed by atoms with E-state index in [0.717, 1.165) is 63.4 Å². The molecule has 0 aromatic heterocycles. The summed E-state index contributed by atoms with van der Waals surface area (Å²) >= 11 is 0. The van der Waals surface area contributed by atoms with Gasteiger partial charge in [0.2, 0.25) is 0 Å². The van der Waals surface area contributed by atoms with Crippen LogP contribution in [0.2, 0.25) is 0 Å². The SMILES string of the molecule is c1ccc(CP2CCOCCOCCP(Cc3ccccc3)CCOCCOCC2)cc1. The third-order valence-corrected chi connectivity index (χ3v) is 10.3. The van der Waals surface area contributed by atoms with Crippen molar-refractivity contribution in [1.82, 2.24) is 0 Å². The molecular weight excluding hydrogens is 438 g/mol. The second kappa shape index (κ2) is 16.7. The van der Waals surface area contributed by atoms with Crippen molar-refractivity contribution in [2.24, 2.45) is 0 Å². The molecule has 0 bridgehead atoms. The molecule has 2 aromatic carbocycles. The summed E-state index contributed by atoms with van der Waals surface area (Å²) in [6, 6.07) is 21.6. The van der Waals surface area contributed by atoms with Crippen LogP contribution in [0.3, 0.4) is 0 Å². The van der Waals surface area contributed by atoms with Crippen LogP contribution in [0.25, 0.3) is 0 Å². The predicted molar refractivity (Wildman–Crippen MR) is 137 cm³/mol. The summed E-state index contributed by atoms with van der Waals surface area (Å²) in [5, 5.41) is 0. The first-order valence-electron chi connectivity index (χ1n) is 11.7. The lowest BCUT2D eigenvalue weighted by Gasteiger charge is -2.20. The zero-order valence-electron chi connectivity index (χ0n) is 19.2. The van der Waals surface area contributed by atoms with Gasteiger partial charge in [0, 0.05) is 0 Å². The molecule has 0 saturated carbocycles. The highest BCUT2D eigenvalue weighted by Crippen LogP contribution is 2.40. The molecule has 0 radical (unpaired) electrons. The number of rotatable bonds is 4. The van der Waals surface area contributed by atoms with E-state index < -0.39 is 0 Å². The van der Waals surface area contributed by atoms with E-state index in [1.54, 1.807) is 0 Å². The smallest absolute Gasteiger partial charge is 0.0700 e. The van der Waals surface area contributed by atoms with E-state index in [0.29, 0.717) is 26.4 Å². The first-order chi connectivity index (χ1) is 15.9. The standard InChI is InChI=1S/C26H38O4P2/c1-3-7-25(8-4-1)23-31-19-15-27-11-13-29-17-21-32(24-26-9-5-2-6-10-26)22-18-30-14-12-28-16-20-31/h1-10H,11-24H2. The number of hydrogen-bond donors (Lipinski definition) is 0. The Balaban J connectivity index is 1.43. The Kier molecular flexibility index (Phi) is 13.4. The molecule has 32 heavy (non-hydrogen) atoms. The minimum atomic E-state index is -0.137. The zero-order chi connectivity index (χ0) is 22.1. The summed E-state index contributed by atoms with van der Waals surface area (Å²) < 4.78 is 23.6. The average Bonchev–Trinajstić information content (AvgIpc) is 2.82. The molecule has 2 aromatic rings. The monoisotopic (exact) mass is 476 g/mol. The van der Waals surface area contributed by atoms with Gasteiger partial charge in [-0.25, -0.2) is 0 Å². The van der Waals surface area contributed by atoms with Gasteiger partial charge in [0.25, 0.3) is 0 Å². The maximum Gasteiger partial charge on any atom is 0.0700 e. The highest BCUT2D eigenvalue weighted by molar-refractivity contribution is 7.57. The van der Waals surface area contributed by atoms with Crippen molar-refractivity contribution in [2.75, 3.05) is 77.5 Å². The van der Waals surface area contributed by atoms with Crippen LogP contribution in [0, 0.1) is 0 Å². The lowest BCUT2D eigenvalue weighted by atomic mass is 10.2. The zero-order valence-corrected chi connectivity index (χ0v) is 21.0. The second-order valence-corrected chi connectivity index (χ2v) is 13.1. The summed E-state index contributed by atoms with van der Waals surface area (Å²) in [5.41, 5.74) is 2.83. The van der Waals surface area contributed by atoms with Gasteiger partial charge in [-0.2, -0.15) is 0 Å². The fourth-order valence-electron chi connectivity index (χ4n) is 3.64. The fraction of sp³-hybridized carbons (Fsp3) is 0.538. The van der Waals surface area contributed by atoms with Crippen LogP contribution in [0.15, 0.2) is 60.7 Å². The summed E-state index contributed by atoms with van der Waals surface area (Å²) in [6.07, 6.45) is 6.75. The van der Waals surface area contributed by atoms with Gasteiger partial charge >= 0.3 is 0 Å².